The molecule has 1 aromatic heterocycles. The van der Waals surface area contributed by atoms with Gasteiger partial charge in [-0.15, -0.1) is 0 Å². The van der Waals surface area contributed by atoms with Crippen molar-refractivity contribution in [2.45, 2.75) is 71.1 Å². The van der Waals surface area contributed by atoms with Gasteiger partial charge >= 0.3 is 12.2 Å². The van der Waals surface area contributed by atoms with Crippen molar-refractivity contribution in [1.29, 1.82) is 5.26 Å². The van der Waals surface area contributed by atoms with Crippen LogP contribution in [0.4, 0.5) is 15.3 Å². The predicted molar refractivity (Wildman–Crippen MR) is 158 cm³/mol. The molecule has 3 heterocycles. The smallest absolute Gasteiger partial charge is 0.412 e. The minimum atomic E-state index is -1.03. The Bertz CT molecular complexity index is 1550. The molecule has 0 saturated carbocycles. The molecule has 0 spiro atoms. The highest BCUT2D eigenvalue weighted by atomic mass is 35.5. The lowest BCUT2D eigenvalue weighted by molar-refractivity contribution is 0.0184. The molecule has 1 atom stereocenters. The van der Waals surface area contributed by atoms with Crippen LogP contribution in [0, 0.1) is 11.3 Å². The minimum absolute atomic E-state index is 0.101. The van der Waals surface area contributed by atoms with E-state index in [2.05, 4.69) is 11.2 Å². The van der Waals surface area contributed by atoms with Crippen LogP contribution in [0.5, 0.6) is 11.5 Å². The van der Waals surface area contributed by atoms with E-state index >= 15 is 0 Å². The number of halogens is 1. The average Bonchev–Trinajstić information content (AvgIpc) is 3.43. The third kappa shape index (κ3) is 6.02. The molecule has 1 saturated heterocycles. The van der Waals surface area contributed by atoms with Crippen molar-refractivity contribution in [3.63, 3.8) is 0 Å². The maximum atomic E-state index is 12.5. The van der Waals surface area contributed by atoms with Gasteiger partial charge in [0.1, 0.15) is 23.2 Å². The lowest BCUT2D eigenvalue weighted by Crippen LogP contribution is -2.42. The minimum Gasteiger partial charge on any atom is -0.465 e. The van der Waals surface area contributed by atoms with Gasteiger partial charge in [0.25, 0.3) is 0 Å². The van der Waals surface area contributed by atoms with E-state index in [1.165, 1.54) is 4.90 Å². The Kier molecular flexibility index (Phi) is 8.06. The van der Waals surface area contributed by atoms with Crippen LogP contribution in [-0.4, -0.2) is 56.7 Å². The quantitative estimate of drug-likeness (QED) is 0.339. The standard InChI is InChI=1S/C31H34ClN5O5/c1-19-5-7-25-26(37(19)29(38)39)9-8-24(28(25)41-27-10-6-22(32)15-20(27)16-33)21-17-34-36(18-21)23-11-13-35(14-12-23)30(40)42-31(2,3)4/h6,8-10,15,17-19,23H,5,7,11-14H2,1-4H3,(H,38,39). The summed E-state index contributed by atoms with van der Waals surface area (Å²) in [7, 11) is 0. The fourth-order valence-corrected chi connectivity index (χ4v) is 5.72. The van der Waals surface area contributed by atoms with E-state index in [-0.39, 0.29) is 23.7 Å². The van der Waals surface area contributed by atoms with Gasteiger partial charge in [-0.25, -0.2) is 9.59 Å². The number of amides is 2. The van der Waals surface area contributed by atoms with Crippen molar-refractivity contribution >= 4 is 29.5 Å². The van der Waals surface area contributed by atoms with E-state index in [9.17, 15) is 20.0 Å². The third-order valence-electron chi connectivity index (χ3n) is 7.63. The van der Waals surface area contributed by atoms with E-state index < -0.39 is 11.7 Å². The number of carbonyl (C=O) groups excluding carboxylic acids is 1. The number of hydrogen-bond donors (Lipinski definition) is 1. The molecule has 220 valence electrons. The van der Waals surface area contributed by atoms with Crippen molar-refractivity contribution in [2.24, 2.45) is 0 Å². The van der Waals surface area contributed by atoms with Crippen LogP contribution in [0.3, 0.4) is 0 Å². The second-order valence-electron chi connectivity index (χ2n) is 11.7. The normalized spacial score (nSPS) is 17.4. The number of nitrogens with zero attached hydrogens (tertiary/aromatic N) is 5. The number of carbonyl (C=O) groups is 2. The second kappa shape index (κ2) is 11.6. The van der Waals surface area contributed by atoms with Crippen molar-refractivity contribution in [1.82, 2.24) is 14.7 Å². The summed E-state index contributed by atoms with van der Waals surface area (Å²) in [5, 5.41) is 24.8. The molecular formula is C31H34ClN5O5. The summed E-state index contributed by atoms with van der Waals surface area (Å²) >= 11 is 6.12. The number of anilines is 1. The summed E-state index contributed by atoms with van der Waals surface area (Å²) in [5.74, 6) is 0.822. The Balaban J connectivity index is 1.47. The molecule has 2 aromatic carbocycles. The molecule has 11 heteroatoms. The SMILES string of the molecule is CC1CCc2c(ccc(-c3cnn(C4CCN(C(=O)OC(C)(C)C)CC4)c3)c2Oc2ccc(Cl)cc2C#N)N1C(=O)O. The van der Waals surface area contributed by atoms with E-state index in [0.29, 0.717) is 48.1 Å². The summed E-state index contributed by atoms with van der Waals surface area (Å²) in [6.07, 6.45) is 5.08. The maximum absolute atomic E-state index is 12.5. The molecule has 2 aliphatic heterocycles. The van der Waals surface area contributed by atoms with Crippen LogP contribution in [0.25, 0.3) is 11.1 Å². The Labute approximate surface area is 250 Å². The van der Waals surface area contributed by atoms with Crippen LogP contribution in [-0.2, 0) is 11.2 Å². The lowest BCUT2D eigenvalue weighted by Gasteiger charge is -2.34. The number of rotatable bonds is 4. The van der Waals surface area contributed by atoms with Crippen molar-refractivity contribution in [2.75, 3.05) is 18.0 Å². The van der Waals surface area contributed by atoms with Crippen LogP contribution in [0.2, 0.25) is 5.02 Å². The van der Waals surface area contributed by atoms with Gasteiger partial charge in [0.2, 0.25) is 0 Å². The van der Waals surface area contributed by atoms with Gasteiger partial charge in [-0.1, -0.05) is 11.6 Å². The number of benzene rings is 2. The molecule has 1 N–H and O–H groups in total. The van der Waals surface area contributed by atoms with Gasteiger partial charge in [-0.05, 0) is 83.7 Å². The fourth-order valence-electron chi connectivity index (χ4n) is 5.54. The van der Waals surface area contributed by atoms with Crippen molar-refractivity contribution < 1.29 is 24.2 Å². The Morgan fingerprint density at radius 1 is 1.14 bits per heavy atom. The van der Waals surface area contributed by atoms with Gasteiger partial charge in [0.15, 0.2) is 0 Å². The fraction of sp³-hybridized carbons (Fsp3) is 0.419. The number of piperidine rings is 1. The molecule has 5 rings (SSSR count). The average molecular weight is 592 g/mol. The summed E-state index contributed by atoms with van der Waals surface area (Å²) in [6, 6.07) is 10.5. The number of carboxylic acid groups (broad SMARTS) is 1. The molecule has 0 radical (unpaired) electrons. The Hall–Kier alpha value is -4.23. The zero-order valence-corrected chi connectivity index (χ0v) is 24.9. The van der Waals surface area contributed by atoms with Gasteiger partial charge in [0.05, 0.1) is 23.5 Å². The van der Waals surface area contributed by atoms with Gasteiger partial charge < -0.3 is 19.5 Å². The maximum Gasteiger partial charge on any atom is 0.412 e. The number of fused-ring (bicyclic) bond motifs is 1. The number of ether oxygens (including phenoxy) is 2. The summed E-state index contributed by atoms with van der Waals surface area (Å²) in [6.45, 7) is 8.59. The number of likely N-dealkylation sites (tertiary alicyclic amines) is 1. The summed E-state index contributed by atoms with van der Waals surface area (Å²) in [4.78, 5) is 27.8. The van der Waals surface area contributed by atoms with Gasteiger partial charge in [0, 0.05) is 47.0 Å². The summed E-state index contributed by atoms with van der Waals surface area (Å²) < 4.78 is 13.9. The molecule has 10 nitrogen and oxygen atoms in total. The van der Waals surface area contributed by atoms with E-state index in [1.807, 2.05) is 50.7 Å². The van der Waals surface area contributed by atoms with Crippen LogP contribution >= 0.6 is 11.6 Å². The topological polar surface area (TPSA) is 121 Å². The van der Waals surface area contributed by atoms with Gasteiger partial charge in [-0.3, -0.25) is 9.58 Å². The number of nitriles is 1. The first-order valence-corrected chi connectivity index (χ1v) is 14.4. The highest BCUT2D eigenvalue weighted by Gasteiger charge is 2.33. The zero-order valence-electron chi connectivity index (χ0n) is 24.1. The van der Waals surface area contributed by atoms with E-state index in [1.54, 1.807) is 29.3 Å². The number of aromatic nitrogens is 2. The van der Waals surface area contributed by atoms with Crippen LogP contribution in [0.1, 0.15) is 64.1 Å². The molecule has 2 aliphatic rings. The zero-order chi connectivity index (χ0) is 30.2. The Morgan fingerprint density at radius 2 is 1.88 bits per heavy atom. The molecule has 3 aromatic rings. The largest absolute Gasteiger partial charge is 0.465 e. The first-order chi connectivity index (χ1) is 19.9. The highest BCUT2D eigenvalue weighted by molar-refractivity contribution is 6.30. The molecule has 42 heavy (non-hydrogen) atoms. The van der Waals surface area contributed by atoms with Gasteiger partial charge in [-0.2, -0.15) is 10.4 Å². The van der Waals surface area contributed by atoms with Crippen LogP contribution < -0.4 is 9.64 Å². The van der Waals surface area contributed by atoms with Crippen LogP contribution in [0.15, 0.2) is 42.7 Å². The monoisotopic (exact) mass is 591 g/mol. The second-order valence-corrected chi connectivity index (χ2v) is 12.2. The molecular weight excluding hydrogens is 558 g/mol. The lowest BCUT2D eigenvalue weighted by atomic mass is 9.92. The third-order valence-corrected chi connectivity index (χ3v) is 7.87. The molecule has 0 aliphatic carbocycles. The first-order valence-electron chi connectivity index (χ1n) is 14.0. The van der Waals surface area contributed by atoms with Crippen molar-refractivity contribution in [3.8, 4) is 28.7 Å². The van der Waals surface area contributed by atoms with E-state index in [0.717, 1.165) is 29.5 Å². The van der Waals surface area contributed by atoms with E-state index in [4.69, 9.17) is 21.1 Å². The highest BCUT2D eigenvalue weighted by Crippen LogP contribution is 2.45. The van der Waals surface area contributed by atoms with Crippen molar-refractivity contribution in [3.05, 3.63) is 58.9 Å². The Morgan fingerprint density at radius 3 is 2.55 bits per heavy atom. The number of hydrogen-bond acceptors (Lipinski definition) is 6. The first kappa shape index (κ1) is 29.3. The molecule has 1 unspecified atom stereocenters. The summed E-state index contributed by atoms with van der Waals surface area (Å²) in [5.41, 5.74) is 2.59. The molecule has 1 fully saturated rings. The molecule has 2 amide bonds. The molecule has 0 bridgehead atoms. The predicted octanol–water partition coefficient (Wildman–Crippen LogP) is 7.26.